The summed E-state index contributed by atoms with van der Waals surface area (Å²) in [7, 11) is 0. The van der Waals surface area contributed by atoms with Crippen LogP contribution < -0.4 is 15.2 Å². The summed E-state index contributed by atoms with van der Waals surface area (Å²) in [4.78, 5) is 16.1. The van der Waals surface area contributed by atoms with Crippen LogP contribution in [0, 0.1) is 6.92 Å². The molecule has 2 aliphatic rings. The summed E-state index contributed by atoms with van der Waals surface area (Å²) < 4.78 is 0. The standard InChI is InChI=1S/C21H24N4O/c1-16-2-6-18(7-3-16)24-12-14-25(15-13-24)19-8-4-17(5-9-19)20-10-11-21(26)23-22-20/h2-9H,10-15H2,1H3,(H,23,26). The summed E-state index contributed by atoms with van der Waals surface area (Å²) in [5.74, 6) is -0.00295. The van der Waals surface area contributed by atoms with E-state index in [4.69, 9.17) is 0 Å². The lowest BCUT2D eigenvalue weighted by atomic mass is 10.0. The van der Waals surface area contributed by atoms with Crippen molar-refractivity contribution in [2.75, 3.05) is 36.0 Å². The highest BCUT2D eigenvalue weighted by Crippen LogP contribution is 2.22. The molecule has 1 amide bonds. The maximum absolute atomic E-state index is 11.2. The smallest absolute Gasteiger partial charge is 0.240 e. The fourth-order valence-corrected chi connectivity index (χ4v) is 3.53. The zero-order valence-corrected chi connectivity index (χ0v) is 15.1. The van der Waals surface area contributed by atoms with Crippen LogP contribution in [0.2, 0.25) is 0 Å². The predicted molar refractivity (Wildman–Crippen MR) is 106 cm³/mol. The lowest BCUT2D eigenvalue weighted by Gasteiger charge is -2.37. The second kappa shape index (κ2) is 7.20. The van der Waals surface area contributed by atoms with Crippen molar-refractivity contribution < 1.29 is 4.79 Å². The molecule has 0 atom stereocenters. The van der Waals surface area contributed by atoms with E-state index >= 15 is 0 Å². The van der Waals surface area contributed by atoms with E-state index in [1.54, 1.807) is 0 Å². The molecule has 0 saturated carbocycles. The number of benzene rings is 2. The molecular weight excluding hydrogens is 324 g/mol. The first-order valence-corrected chi connectivity index (χ1v) is 9.21. The third kappa shape index (κ3) is 3.57. The molecule has 1 saturated heterocycles. The van der Waals surface area contributed by atoms with Gasteiger partial charge < -0.3 is 9.80 Å². The van der Waals surface area contributed by atoms with Crippen molar-refractivity contribution >= 4 is 23.0 Å². The number of carbonyl (C=O) groups excluding carboxylic acids is 1. The molecule has 2 aliphatic heterocycles. The average molecular weight is 348 g/mol. The predicted octanol–water partition coefficient (Wildman–Crippen LogP) is 2.94. The highest BCUT2D eigenvalue weighted by Gasteiger charge is 2.18. The lowest BCUT2D eigenvalue weighted by Crippen LogP contribution is -2.46. The third-order valence-electron chi connectivity index (χ3n) is 5.15. The van der Waals surface area contributed by atoms with Gasteiger partial charge in [0.1, 0.15) is 0 Å². The molecule has 2 aromatic rings. The van der Waals surface area contributed by atoms with E-state index in [-0.39, 0.29) is 5.91 Å². The highest BCUT2D eigenvalue weighted by atomic mass is 16.2. The van der Waals surface area contributed by atoms with Crippen molar-refractivity contribution in [3.63, 3.8) is 0 Å². The monoisotopic (exact) mass is 348 g/mol. The third-order valence-corrected chi connectivity index (χ3v) is 5.15. The van der Waals surface area contributed by atoms with Crippen LogP contribution in [-0.2, 0) is 4.79 Å². The lowest BCUT2D eigenvalue weighted by molar-refractivity contribution is -0.121. The molecule has 134 valence electrons. The van der Waals surface area contributed by atoms with Crippen molar-refractivity contribution in [2.45, 2.75) is 19.8 Å². The van der Waals surface area contributed by atoms with Crippen LogP contribution in [0.25, 0.3) is 0 Å². The van der Waals surface area contributed by atoms with Crippen molar-refractivity contribution in [3.8, 4) is 0 Å². The molecule has 2 heterocycles. The van der Waals surface area contributed by atoms with Crippen molar-refractivity contribution in [1.29, 1.82) is 0 Å². The first kappa shape index (κ1) is 16.6. The number of anilines is 2. The first-order chi connectivity index (χ1) is 12.7. The van der Waals surface area contributed by atoms with E-state index in [1.165, 1.54) is 16.9 Å². The van der Waals surface area contributed by atoms with Gasteiger partial charge in [0.2, 0.25) is 5.91 Å². The molecule has 1 fully saturated rings. The first-order valence-electron chi connectivity index (χ1n) is 9.21. The largest absolute Gasteiger partial charge is 0.368 e. The minimum absolute atomic E-state index is 0.00295. The minimum atomic E-state index is -0.00295. The molecule has 5 heteroatoms. The molecule has 0 unspecified atom stereocenters. The molecule has 1 N–H and O–H groups in total. The Balaban J connectivity index is 1.38. The molecule has 26 heavy (non-hydrogen) atoms. The fourth-order valence-electron chi connectivity index (χ4n) is 3.53. The van der Waals surface area contributed by atoms with E-state index in [2.05, 4.69) is 75.8 Å². The van der Waals surface area contributed by atoms with Gasteiger partial charge in [0, 0.05) is 50.4 Å². The number of hydrogen-bond acceptors (Lipinski definition) is 4. The molecule has 0 aliphatic carbocycles. The van der Waals surface area contributed by atoms with Gasteiger partial charge in [-0.15, -0.1) is 0 Å². The number of hydrogen-bond donors (Lipinski definition) is 1. The van der Waals surface area contributed by atoms with Gasteiger partial charge >= 0.3 is 0 Å². The Morgan fingerprint density at radius 2 is 1.35 bits per heavy atom. The molecule has 0 spiro atoms. The SMILES string of the molecule is Cc1ccc(N2CCN(c3ccc(C4=NNC(=O)CC4)cc3)CC2)cc1. The second-order valence-corrected chi connectivity index (χ2v) is 6.95. The van der Waals surface area contributed by atoms with Crippen molar-refractivity contribution in [2.24, 2.45) is 5.10 Å². The number of carbonyl (C=O) groups is 1. The number of nitrogens with zero attached hydrogens (tertiary/aromatic N) is 3. The van der Waals surface area contributed by atoms with E-state index in [0.717, 1.165) is 37.5 Å². The van der Waals surface area contributed by atoms with Crippen LogP contribution in [0.15, 0.2) is 53.6 Å². The Labute approximate surface area is 154 Å². The van der Waals surface area contributed by atoms with Crippen LogP contribution >= 0.6 is 0 Å². The van der Waals surface area contributed by atoms with Gasteiger partial charge in [0.25, 0.3) is 0 Å². The number of piperazine rings is 1. The summed E-state index contributed by atoms with van der Waals surface area (Å²) in [6, 6.07) is 17.3. The van der Waals surface area contributed by atoms with E-state index in [1.807, 2.05) is 0 Å². The number of amides is 1. The van der Waals surface area contributed by atoms with Crippen molar-refractivity contribution in [3.05, 3.63) is 59.7 Å². The summed E-state index contributed by atoms with van der Waals surface area (Å²) in [6.07, 6.45) is 1.22. The normalized spacial score (nSPS) is 17.7. The summed E-state index contributed by atoms with van der Waals surface area (Å²) in [5.41, 5.74) is 8.47. The van der Waals surface area contributed by atoms with Gasteiger partial charge in [-0.3, -0.25) is 4.79 Å². The van der Waals surface area contributed by atoms with E-state index in [9.17, 15) is 4.79 Å². The van der Waals surface area contributed by atoms with Gasteiger partial charge in [0.05, 0.1) is 5.71 Å². The maximum Gasteiger partial charge on any atom is 0.240 e. The minimum Gasteiger partial charge on any atom is -0.368 e. The van der Waals surface area contributed by atoms with E-state index in [0.29, 0.717) is 12.8 Å². The molecule has 0 bridgehead atoms. The average Bonchev–Trinajstić information content (AvgIpc) is 2.70. The van der Waals surface area contributed by atoms with Crippen LogP contribution in [0.3, 0.4) is 0 Å². The number of rotatable bonds is 3. The van der Waals surface area contributed by atoms with Crippen LogP contribution in [-0.4, -0.2) is 37.8 Å². The van der Waals surface area contributed by atoms with Gasteiger partial charge in [-0.2, -0.15) is 5.10 Å². The molecule has 5 nitrogen and oxygen atoms in total. The Morgan fingerprint density at radius 1 is 0.808 bits per heavy atom. The number of hydrazone groups is 1. The zero-order valence-electron chi connectivity index (χ0n) is 15.1. The molecular formula is C21H24N4O. The Bertz CT molecular complexity index is 803. The van der Waals surface area contributed by atoms with Gasteiger partial charge in [-0.25, -0.2) is 5.43 Å². The molecule has 0 radical (unpaired) electrons. The van der Waals surface area contributed by atoms with E-state index < -0.39 is 0 Å². The van der Waals surface area contributed by atoms with Crippen molar-refractivity contribution in [1.82, 2.24) is 5.43 Å². The molecule has 2 aromatic carbocycles. The van der Waals surface area contributed by atoms with Crippen LogP contribution in [0.5, 0.6) is 0 Å². The number of aryl methyl sites for hydroxylation is 1. The summed E-state index contributed by atoms with van der Waals surface area (Å²) >= 11 is 0. The van der Waals surface area contributed by atoms with Gasteiger partial charge in [-0.1, -0.05) is 29.8 Å². The highest BCUT2D eigenvalue weighted by molar-refractivity contribution is 6.04. The van der Waals surface area contributed by atoms with Gasteiger partial charge in [-0.05, 0) is 36.8 Å². The topological polar surface area (TPSA) is 47.9 Å². The quantitative estimate of drug-likeness (QED) is 0.928. The Kier molecular flexibility index (Phi) is 4.61. The zero-order chi connectivity index (χ0) is 17.9. The summed E-state index contributed by atoms with van der Waals surface area (Å²) in [5, 5.41) is 4.17. The Morgan fingerprint density at radius 3 is 1.85 bits per heavy atom. The molecule has 4 rings (SSSR count). The second-order valence-electron chi connectivity index (χ2n) is 6.95. The Hall–Kier alpha value is -2.82. The van der Waals surface area contributed by atoms with Crippen LogP contribution in [0.4, 0.5) is 11.4 Å². The van der Waals surface area contributed by atoms with Crippen LogP contribution in [0.1, 0.15) is 24.0 Å². The molecule has 0 aromatic heterocycles. The maximum atomic E-state index is 11.2. The van der Waals surface area contributed by atoms with Gasteiger partial charge in [0.15, 0.2) is 0 Å². The number of nitrogens with one attached hydrogen (secondary N) is 1. The summed E-state index contributed by atoms with van der Waals surface area (Å²) in [6.45, 7) is 6.22. The fraction of sp³-hybridized carbons (Fsp3) is 0.333.